The number of hydrogen-bond donors (Lipinski definition) is 2. The van der Waals surface area contributed by atoms with E-state index >= 15 is 0 Å². The highest BCUT2D eigenvalue weighted by atomic mass is 32.1. The Kier molecular flexibility index (Phi) is 8.74. The van der Waals surface area contributed by atoms with Crippen LogP contribution in [-0.2, 0) is 17.9 Å². The van der Waals surface area contributed by atoms with Crippen molar-refractivity contribution in [3.8, 4) is 10.4 Å². The van der Waals surface area contributed by atoms with Gasteiger partial charge in [0.1, 0.15) is 6.33 Å². The molecule has 0 spiro atoms. The van der Waals surface area contributed by atoms with E-state index in [-0.39, 0.29) is 25.2 Å². The lowest BCUT2D eigenvalue weighted by molar-refractivity contribution is -0.192. The van der Waals surface area contributed by atoms with Gasteiger partial charge >= 0.3 is 24.4 Å². The molecule has 0 aliphatic heterocycles. The molecule has 3 aromatic heterocycles. The molecule has 9 nitrogen and oxygen atoms in total. The van der Waals surface area contributed by atoms with Crippen molar-refractivity contribution in [1.82, 2.24) is 24.1 Å². The number of rotatable bonds is 7. The van der Waals surface area contributed by atoms with Crippen LogP contribution in [0.3, 0.4) is 0 Å². The Morgan fingerprint density at radius 1 is 1.21 bits per heavy atom. The number of carboxylic acid groups (broad SMARTS) is 1. The van der Waals surface area contributed by atoms with Crippen molar-refractivity contribution >= 4 is 17.3 Å². The minimum absolute atomic E-state index is 0.173. The number of carboxylic acids is 1. The molecule has 0 bridgehead atoms. The first kappa shape index (κ1) is 26.8. The van der Waals surface area contributed by atoms with E-state index in [1.54, 1.807) is 12.1 Å². The summed E-state index contributed by atoms with van der Waals surface area (Å²) in [6.07, 6.45) is -3.19. The second-order valence-corrected chi connectivity index (χ2v) is 7.49. The van der Waals surface area contributed by atoms with E-state index in [0.29, 0.717) is 15.1 Å². The summed E-state index contributed by atoms with van der Waals surface area (Å²) in [7, 11) is 0. The highest BCUT2D eigenvalue weighted by molar-refractivity contribution is 7.15. The summed E-state index contributed by atoms with van der Waals surface area (Å²) in [5.41, 5.74) is 4.86. The van der Waals surface area contributed by atoms with Crippen molar-refractivity contribution in [3.63, 3.8) is 0 Å². The fourth-order valence-corrected chi connectivity index (χ4v) is 3.31. The van der Waals surface area contributed by atoms with E-state index in [0.717, 1.165) is 9.56 Å². The van der Waals surface area contributed by atoms with Crippen molar-refractivity contribution in [1.29, 1.82) is 0 Å². The van der Waals surface area contributed by atoms with Gasteiger partial charge in [0, 0.05) is 33.6 Å². The summed E-state index contributed by atoms with van der Waals surface area (Å²) in [5.74, 6) is -2.76. The van der Waals surface area contributed by atoms with Crippen LogP contribution >= 0.6 is 11.3 Å². The van der Waals surface area contributed by atoms with Crippen molar-refractivity contribution < 1.29 is 40.6 Å². The lowest BCUT2D eigenvalue weighted by Gasteiger charge is -2.02. The third-order valence-corrected chi connectivity index (χ3v) is 5.09. The largest absolute Gasteiger partial charge is 0.490 e. The zero-order chi connectivity index (χ0) is 25.6. The molecule has 3 N–H and O–H groups in total. The molecule has 0 saturated carbocycles. The maximum atomic E-state index is 12.7. The second-order valence-electron chi connectivity index (χ2n) is 6.32. The smallest absolute Gasteiger partial charge is 0.475 e. The number of carbonyl (C=O) groups is 1. The van der Waals surface area contributed by atoms with E-state index in [1.165, 1.54) is 34.6 Å². The van der Waals surface area contributed by atoms with Crippen LogP contribution in [0.1, 0.15) is 11.4 Å². The van der Waals surface area contributed by atoms with Crippen LogP contribution in [-0.4, -0.2) is 47.9 Å². The average Bonchev–Trinajstić information content (AvgIpc) is 3.47. The van der Waals surface area contributed by atoms with Crippen LogP contribution in [0.15, 0.2) is 47.3 Å². The summed E-state index contributed by atoms with van der Waals surface area (Å²) in [6.45, 7) is -3.30. The molecule has 17 heteroatoms. The summed E-state index contributed by atoms with van der Waals surface area (Å²) in [5, 5.41) is 14.5. The lowest BCUT2D eigenvalue weighted by atomic mass is 10.3. The van der Waals surface area contributed by atoms with Gasteiger partial charge in [-0.1, -0.05) is 0 Å². The van der Waals surface area contributed by atoms with Crippen molar-refractivity contribution in [2.24, 2.45) is 5.73 Å². The molecule has 3 heterocycles. The molecule has 3 rings (SSSR count). The zero-order valence-electron chi connectivity index (χ0n) is 16.7. The Morgan fingerprint density at radius 2 is 1.85 bits per heavy atom. The molecule has 0 atom stereocenters. The highest BCUT2D eigenvalue weighted by Gasteiger charge is 2.38. The minimum Gasteiger partial charge on any atom is -0.475 e. The lowest BCUT2D eigenvalue weighted by Crippen LogP contribution is -2.27. The number of thiophene rings is 1. The van der Waals surface area contributed by atoms with E-state index in [1.807, 2.05) is 0 Å². The first-order valence-corrected chi connectivity index (χ1v) is 9.72. The van der Waals surface area contributed by atoms with Gasteiger partial charge in [0.05, 0.1) is 19.3 Å². The van der Waals surface area contributed by atoms with Crippen LogP contribution in [0.2, 0.25) is 0 Å². The molecule has 0 radical (unpaired) electrons. The minimum atomic E-state index is -5.08. The normalized spacial score (nSPS) is 11.3. The van der Waals surface area contributed by atoms with Gasteiger partial charge in [-0.3, -0.25) is 4.57 Å². The van der Waals surface area contributed by atoms with Crippen molar-refractivity contribution in [2.75, 3.05) is 6.54 Å². The Hall–Kier alpha value is -3.47. The van der Waals surface area contributed by atoms with Gasteiger partial charge in [-0.2, -0.15) is 40.9 Å². The van der Waals surface area contributed by atoms with Crippen LogP contribution in [0.25, 0.3) is 10.4 Å². The predicted octanol–water partition coefficient (Wildman–Crippen LogP) is 3.16. The Morgan fingerprint density at radius 3 is 2.35 bits per heavy atom. The van der Waals surface area contributed by atoms with E-state index in [2.05, 4.69) is 10.2 Å². The van der Waals surface area contributed by atoms with Crippen LogP contribution in [0.4, 0.5) is 30.7 Å². The molecule has 3 aromatic rings. The molecule has 0 unspecified atom stereocenters. The number of alkyl halides is 5. The van der Waals surface area contributed by atoms with E-state index < -0.39 is 30.5 Å². The molecule has 0 amide bonds. The van der Waals surface area contributed by atoms with Gasteiger partial charge in [0.15, 0.2) is 0 Å². The summed E-state index contributed by atoms with van der Waals surface area (Å²) < 4.78 is 85.0. The quantitative estimate of drug-likeness (QED) is 0.466. The third-order valence-electron chi connectivity index (χ3n) is 3.97. The Balaban J connectivity index is 0.000000509. The monoisotopic (exact) mass is 516 g/mol. The predicted molar refractivity (Wildman–Crippen MR) is 104 cm³/mol. The van der Waals surface area contributed by atoms with Gasteiger partial charge in [0.25, 0.3) is 6.08 Å². The first-order valence-electron chi connectivity index (χ1n) is 8.90. The molecular weight excluding hydrogens is 501 g/mol. The number of aromatic nitrogens is 5. The number of halogens is 7. The fourth-order valence-electron chi connectivity index (χ4n) is 2.33. The standard InChI is InChI=1S/C15H14F4N6OS.C2HF3O2/c16-13(17)9(3-20)5-25-15(26)23(8-22-25)7-11-1-2-12(27-11)10-4-21-24(6-10)14(18)19;3-2(4,5)1(6)7/h1-2,4,6,8,14H,3,5,7,20H2;(H,6,7). The van der Waals surface area contributed by atoms with E-state index in [4.69, 9.17) is 15.6 Å². The SMILES string of the molecule is NCC(Cn1ncn(Cc2ccc(-c3cnn(C(F)F)c3)s2)c1=O)=C(F)F.O=C(O)C(F)(F)F. The third kappa shape index (κ3) is 7.01. The van der Waals surface area contributed by atoms with E-state index in [9.17, 15) is 35.5 Å². The highest BCUT2D eigenvalue weighted by Crippen LogP contribution is 2.29. The maximum absolute atomic E-state index is 12.7. The molecule has 0 saturated heterocycles. The van der Waals surface area contributed by atoms with Gasteiger partial charge in [-0.05, 0) is 12.1 Å². The van der Waals surface area contributed by atoms with Crippen molar-refractivity contribution in [3.05, 3.63) is 57.9 Å². The fraction of sp³-hybridized carbons (Fsp3) is 0.294. The van der Waals surface area contributed by atoms with Crippen LogP contribution < -0.4 is 11.4 Å². The molecule has 0 fully saturated rings. The van der Waals surface area contributed by atoms with Crippen LogP contribution in [0, 0.1) is 0 Å². The first-order chi connectivity index (χ1) is 15.8. The number of nitrogens with two attached hydrogens (primary N) is 1. The summed E-state index contributed by atoms with van der Waals surface area (Å²) in [6, 6.07) is 3.48. The zero-order valence-corrected chi connectivity index (χ0v) is 17.5. The maximum Gasteiger partial charge on any atom is 0.490 e. The number of aliphatic carboxylic acids is 1. The number of nitrogens with zero attached hydrogens (tertiary/aromatic N) is 5. The van der Waals surface area contributed by atoms with Gasteiger partial charge in [-0.25, -0.2) is 19.0 Å². The molecule has 0 aliphatic rings. The van der Waals surface area contributed by atoms with Gasteiger partial charge in [0.2, 0.25) is 0 Å². The Labute approximate surface area is 189 Å². The van der Waals surface area contributed by atoms with Crippen molar-refractivity contribution in [2.45, 2.75) is 25.8 Å². The van der Waals surface area contributed by atoms with Crippen LogP contribution in [0.5, 0.6) is 0 Å². The summed E-state index contributed by atoms with van der Waals surface area (Å²) in [4.78, 5) is 22.6. The van der Waals surface area contributed by atoms with Gasteiger partial charge < -0.3 is 10.8 Å². The molecule has 0 aromatic carbocycles. The molecule has 0 aliphatic carbocycles. The Bertz CT molecular complexity index is 1210. The average molecular weight is 516 g/mol. The molecule has 186 valence electrons. The second kappa shape index (κ2) is 11.1. The van der Waals surface area contributed by atoms with Gasteiger partial charge in [-0.15, -0.1) is 11.3 Å². The number of hydrogen-bond acceptors (Lipinski definition) is 6. The molecular formula is C17H15F7N6O3S. The topological polar surface area (TPSA) is 121 Å². The summed E-state index contributed by atoms with van der Waals surface area (Å²) >= 11 is 1.30. The molecule has 34 heavy (non-hydrogen) atoms.